The number of anilines is 1. The third-order valence-electron chi connectivity index (χ3n) is 3.08. The van der Waals surface area contributed by atoms with E-state index >= 15 is 0 Å². The Balaban J connectivity index is 1.68. The van der Waals surface area contributed by atoms with E-state index in [0.717, 1.165) is 12.0 Å². The van der Waals surface area contributed by atoms with E-state index in [-0.39, 0.29) is 5.56 Å². The van der Waals surface area contributed by atoms with Crippen LogP contribution in [0.25, 0.3) is 11.1 Å². The number of hydrogen-bond acceptors (Lipinski definition) is 5. The highest BCUT2D eigenvalue weighted by Gasteiger charge is 2.09. The SMILES string of the molecule is Cn1cc(CCNc2nc3ccc(C(=O)O)cc3o2)cn1. The maximum atomic E-state index is 10.9. The lowest BCUT2D eigenvalue weighted by atomic mass is 10.2. The number of nitrogens with zero attached hydrogens (tertiary/aromatic N) is 3. The Hall–Kier alpha value is -2.83. The van der Waals surface area contributed by atoms with Crippen molar-refractivity contribution in [2.45, 2.75) is 6.42 Å². The van der Waals surface area contributed by atoms with Gasteiger partial charge in [0.2, 0.25) is 0 Å². The molecular formula is C14H14N4O3. The number of fused-ring (bicyclic) bond motifs is 1. The van der Waals surface area contributed by atoms with Gasteiger partial charge < -0.3 is 14.8 Å². The number of carboxylic acids is 1. The molecule has 2 N–H and O–H groups in total. The average Bonchev–Trinajstić information content (AvgIpc) is 3.03. The Morgan fingerprint density at radius 2 is 2.33 bits per heavy atom. The van der Waals surface area contributed by atoms with E-state index < -0.39 is 5.97 Å². The number of nitrogens with one attached hydrogen (secondary N) is 1. The smallest absolute Gasteiger partial charge is 0.335 e. The van der Waals surface area contributed by atoms with Gasteiger partial charge in [0, 0.05) is 19.8 Å². The van der Waals surface area contributed by atoms with Crippen molar-refractivity contribution in [1.29, 1.82) is 0 Å². The largest absolute Gasteiger partial charge is 0.478 e. The Bertz CT molecular complexity index is 790. The fourth-order valence-electron chi connectivity index (χ4n) is 2.05. The summed E-state index contributed by atoms with van der Waals surface area (Å²) < 4.78 is 7.25. The van der Waals surface area contributed by atoms with Gasteiger partial charge in [0.05, 0.1) is 11.8 Å². The molecule has 0 radical (unpaired) electrons. The first kappa shape index (κ1) is 13.2. The highest BCUT2D eigenvalue weighted by Crippen LogP contribution is 2.20. The first-order valence-electron chi connectivity index (χ1n) is 6.47. The topological polar surface area (TPSA) is 93.2 Å². The fourth-order valence-corrected chi connectivity index (χ4v) is 2.05. The fraction of sp³-hybridized carbons (Fsp3) is 0.214. The number of aryl methyl sites for hydroxylation is 1. The minimum absolute atomic E-state index is 0.181. The Morgan fingerprint density at radius 1 is 1.48 bits per heavy atom. The molecule has 0 unspecified atom stereocenters. The Labute approximate surface area is 120 Å². The average molecular weight is 286 g/mol. The van der Waals surface area contributed by atoms with Gasteiger partial charge in [-0.2, -0.15) is 10.1 Å². The molecule has 0 aliphatic heterocycles. The highest BCUT2D eigenvalue weighted by molar-refractivity contribution is 5.92. The van der Waals surface area contributed by atoms with Crippen LogP contribution in [0.1, 0.15) is 15.9 Å². The summed E-state index contributed by atoms with van der Waals surface area (Å²) in [7, 11) is 1.87. The summed E-state index contributed by atoms with van der Waals surface area (Å²) in [6, 6.07) is 4.99. The molecule has 108 valence electrons. The molecular weight excluding hydrogens is 272 g/mol. The van der Waals surface area contributed by atoms with Crippen LogP contribution in [0.5, 0.6) is 0 Å². The van der Waals surface area contributed by atoms with Crippen LogP contribution < -0.4 is 5.32 Å². The molecule has 0 amide bonds. The van der Waals surface area contributed by atoms with Gasteiger partial charge in [-0.25, -0.2) is 4.79 Å². The number of carbonyl (C=O) groups is 1. The number of oxazole rings is 1. The molecule has 21 heavy (non-hydrogen) atoms. The summed E-state index contributed by atoms with van der Waals surface area (Å²) in [6.45, 7) is 0.657. The molecule has 0 saturated carbocycles. The number of benzene rings is 1. The summed E-state index contributed by atoms with van der Waals surface area (Å²) in [5.74, 6) is -0.987. The minimum atomic E-state index is -0.987. The maximum absolute atomic E-state index is 10.9. The molecule has 3 rings (SSSR count). The molecule has 0 bridgehead atoms. The van der Waals surface area contributed by atoms with Gasteiger partial charge in [-0.3, -0.25) is 4.68 Å². The highest BCUT2D eigenvalue weighted by atomic mass is 16.4. The predicted octanol–water partition coefficient (Wildman–Crippen LogP) is 1.91. The van der Waals surface area contributed by atoms with Gasteiger partial charge >= 0.3 is 5.97 Å². The van der Waals surface area contributed by atoms with Gasteiger partial charge in [-0.15, -0.1) is 0 Å². The molecule has 7 nitrogen and oxygen atoms in total. The molecule has 2 aromatic heterocycles. The van der Waals surface area contributed by atoms with Crippen molar-refractivity contribution in [2.24, 2.45) is 7.05 Å². The zero-order chi connectivity index (χ0) is 14.8. The summed E-state index contributed by atoms with van der Waals surface area (Å²) in [4.78, 5) is 15.2. The molecule has 1 aromatic carbocycles. The quantitative estimate of drug-likeness (QED) is 0.744. The van der Waals surface area contributed by atoms with Crippen LogP contribution >= 0.6 is 0 Å². The first-order chi connectivity index (χ1) is 10.1. The Kier molecular flexibility index (Phi) is 3.31. The van der Waals surface area contributed by atoms with Gasteiger partial charge in [-0.1, -0.05) is 0 Å². The minimum Gasteiger partial charge on any atom is -0.478 e. The van der Waals surface area contributed by atoms with Crippen molar-refractivity contribution in [2.75, 3.05) is 11.9 Å². The van der Waals surface area contributed by atoms with Crippen LogP contribution in [-0.4, -0.2) is 32.4 Å². The van der Waals surface area contributed by atoms with Crippen LogP contribution in [0.3, 0.4) is 0 Å². The van der Waals surface area contributed by atoms with Gasteiger partial charge in [-0.05, 0) is 30.2 Å². The van der Waals surface area contributed by atoms with E-state index in [1.165, 1.54) is 12.1 Å². The van der Waals surface area contributed by atoms with Gasteiger partial charge in [0.25, 0.3) is 6.01 Å². The lowest BCUT2D eigenvalue weighted by Crippen LogP contribution is -2.04. The second-order valence-corrected chi connectivity index (χ2v) is 4.71. The number of aromatic carboxylic acids is 1. The van der Waals surface area contributed by atoms with Crippen molar-refractivity contribution in [3.8, 4) is 0 Å². The van der Waals surface area contributed by atoms with Crippen molar-refractivity contribution >= 4 is 23.1 Å². The number of rotatable bonds is 5. The van der Waals surface area contributed by atoms with Crippen molar-refractivity contribution < 1.29 is 14.3 Å². The number of carboxylic acid groups (broad SMARTS) is 1. The van der Waals surface area contributed by atoms with E-state index in [2.05, 4.69) is 15.4 Å². The van der Waals surface area contributed by atoms with Gasteiger partial charge in [0.15, 0.2) is 5.58 Å². The van der Waals surface area contributed by atoms with E-state index in [1.54, 1.807) is 10.7 Å². The molecule has 3 aromatic rings. The Morgan fingerprint density at radius 3 is 3.05 bits per heavy atom. The van der Waals surface area contributed by atoms with E-state index in [4.69, 9.17) is 9.52 Å². The molecule has 2 heterocycles. The third-order valence-corrected chi connectivity index (χ3v) is 3.08. The lowest BCUT2D eigenvalue weighted by molar-refractivity contribution is 0.0697. The zero-order valence-electron chi connectivity index (χ0n) is 11.4. The maximum Gasteiger partial charge on any atom is 0.335 e. The molecule has 0 saturated heterocycles. The molecule has 0 aliphatic rings. The number of hydrogen-bond donors (Lipinski definition) is 2. The van der Waals surface area contributed by atoms with Crippen LogP contribution in [0.4, 0.5) is 6.01 Å². The lowest BCUT2D eigenvalue weighted by Gasteiger charge is -1.98. The number of aromatic nitrogens is 3. The van der Waals surface area contributed by atoms with Crippen molar-refractivity contribution in [3.05, 3.63) is 41.7 Å². The molecule has 0 fully saturated rings. The summed E-state index contributed by atoms with van der Waals surface area (Å²) in [5.41, 5.74) is 2.39. The van der Waals surface area contributed by atoms with E-state index in [0.29, 0.717) is 23.7 Å². The monoisotopic (exact) mass is 286 g/mol. The molecule has 0 spiro atoms. The summed E-state index contributed by atoms with van der Waals surface area (Å²) in [6.07, 6.45) is 4.56. The normalized spacial score (nSPS) is 10.9. The second-order valence-electron chi connectivity index (χ2n) is 4.71. The third kappa shape index (κ3) is 2.86. The zero-order valence-corrected chi connectivity index (χ0v) is 11.4. The van der Waals surface area contributed by atoms with Crippen LogP contribution in [-0.2, 0) is 13.5 Å². The molecule has 0 aliphatic carbocycles. The summed E-state index contributed by atoms with van der Waals surface area (Å²) >= 11 is 0. The van der Waals surface area contributed by atoms with E-state index in [1.807, 2.05) is 19.4 Å². The van der Waals surface area contributed by atoms with Crippen molar-refractivity contribution in [3.63, 3.8) is 0 Å². The van der Waals surface area contributed by atoms with Crippen LogP contribution in [0, 0.1) is 0 Å². The second kappa shape index (κ2) is 5.28. The molecule has 0 atom stereocenters. The summed E-state index contributed by atoms with van der Waals surface area (Å²) in [5, 5.41) is 16.1. The standard InChI is InChI=1S/C14H14N4O3/c1-18-8-9(7-16-18)4-5-15-14-17-11-3-2-10(13(19)20)6-12(11)21-14/h2-3,6-8H,4-5H2,1H3,(H,15,17)(H,19,20). The molecule has 7 heteroatoms. The van der Waals surface area contributed by atoms with Crippen molar-refractivity contribution in [1.82, 2.24) is 14.8 Å². The predicted molar refractivity (Wildman–Crippen MR) is 76.4 cm³/mol. The first-order valence-corrected chi connectivity index (χ1v) is 6.47. The van der Waals surface area contributed by atoms with Gasteiger partial charge in [0.1, 0.15) is 5.52 Å². The van der Waals surface area contributed by atoms with Crippen LogP contribution in [0.15, 0.2) is 35.0 Å². The van der Waals surface area contributed by atoms with Crippen LogP contribution in [0.2, 0.25) is 0 Å². The van der Waals surface area contributed by atoms with E-state index in [9.17, 15) is 4.79 Å².